The number of hydrogen-bond donors (Lipinski definition) is 0. The topological polar surface area (TPSA) is 56.5 Å². The minimum absolute atomic E-state index is 0.0615. The van der Waals surface area contributed by atoms with Crippen molar-refractivity contribution in [1.82, 2.24) is 14.0 Å². The van der Waals surface area contributed by atoms with Gasteiger partial charge in [-0.15, -0.1) is 0 Å². The number of ether oxygens (including phenoxy) is 1. The number of fused-ring (bicyclic) bond motifs is 1. The van der Waals surface area contributed by atoms with Crippen LogP contribution in [0, 0.1) is 0 Å². The van der Waals surface area contributed by atoms with Gasteiger partial charge in [0.25, 0.3) is 11.5 Å². The van der Waals surface area contributed by atoms with E-state index in [9.17, 15) is 31.5 Å². The summed E-state index contributed by atoms with van der Waals surface area (Å²) in [6.45, 7) is 5.23. The van der Waals surface area contributed by atoms with Gasteiger partial charge in [-0.3, -0.25) is 9.59 Å². The Morgan fingerprint density at radius 3 is 2.42 bits per heavy atom. The van der Waals surface area contributed by atoms with E-state index >= 15 is 0 Å². The lowest BCUT2D eigenvalue weighted by atomic mass is 10.0. The summed E-state index contributed by atoms with van der Waals surface area (Å²) in [5, 5.41) is -0.396. The second-order valence-electron chi connectivity index (χ2n) is 10.7. The zero-order chi connectivity index (χ0) is 28.0. The Labute approximate surface area is 221 Å². The highest BCUT2D eigenvalue weighted by molar-refractivity contribution is 6.76. The number of hydrogen-bond acceptors (Lipinski definition) is 3. The summed E-state index contributed by atoms with van der Waals surface area (Å²) in [4.78, 5) is 26.9. The van der Waals surface area contributed by atoms with Gasteiger partial charge in [0.2, 0.25) is 5.91 Å². The summed E-state index contributed by atoms with van der Waals surface area (Å²) < 4.78 is 75.6. The zero-order valence-corrected chi connectivity index (χ0v) is 22.8. The first-order valence-corrected chi connectivity index (χ1v) is 16.0. The number of pyridine rings is 1. The Morgan fingerprint density at radius 1 is 1.13 bits per heavy atom. The van der Waals surface area contributed by atoms with Crippen LogP contribution in [0.5, 0.6) is 0 Å². The maximum absolute atomic E-state index is 13.6. The molecule has 3 aromatic rings. The SMILES string of the molecule is C[Si](C)(C)CCOCn1cc(-c2ccc(Cl)c(C(F)(F)F)c2)c2c(=O)n(CC(=O)N3CC(F)(F)C3)ccc21. The fourth-order valence-electron chi connectivity index (χ4n) is 4.18. The molecule has 2 aromatic heterocycles. The van der Waals surface area contributed by atoms with Gasteiger partial charge < -0.3 is 18.8 Å². The van der Waals surface area contributed by atoms with E-state index in [1.165, 1.54) is 18.5 Å². The molecule has 0 spiro atoms. The number of aromatic nitrogens is 2. The van der Waals surface area contributed by atoms with E-state index in [0.717, 1.165) is 27.6 Å². The number of carbonyl (C=O) groups excluding carboxylic acids is 1. The Hall–Kier alpha value is -2.70. The minimum Gasteiger partial charge on any atom is -0.361 e. The molecule has 0 bridgehead atoms. The molecule has 206 valence electrons. The lowest BCUT2D eigenvalue weighted by Crippen LogP contribution is -2.59. The molecule has 38 heavy (non-hydrogen) atoms. The van der Waals surface area contributed by atoms with Crippen LogP contribution in [0.15, 0.2) is 41.5 Å². The predicted molar refractivity (Wildman–Crippen MR) is 137 cm³/mol. The van der Waals surface area contributed by atoms with Crippen LogP contribution in [0.4, 0.5) is 22.0 Å². The van der Waals surface area contributed by atoms with Crippen molar-refractivity contribution in [2.75, 3.05) is 19.7 Å². The first-order valence-electron chi connectivity index (χ1n) is 11.9. The largest absolute Gasteiger partial charge is 0.417 e. The average Bonchev–Trinajstić information content (AvgIpc) is 3.15. The highest BCUT2D eigenvalue weighted by atomic mass is 35.5. The summed E-state index contributed by atoms with van der Waals surface area (Å²) in [5.41, 5.74) is -0.966. The van der Waals surface area contributed by atoms with Crippen molar-refractivity contribution in [3.63, 3.8) is 0 Å². The normalized spacial score (nSPS) is 15.7. The molecular formula is C25H27ClF5N3O3Si. The highest BCUT2D eigenvalue weighted by Gasteiger charge is 2.46. The van der Waals surface area contributed by atoms with Crippen molar-refractivity contribution in [3.05, 3.63) is 57.6 Å². The van der Waals surface area contributed by atoms with Crippen LogP contribution in [-0.2, 0) is 29.0 Å². The standard InChI is InChI=1S/C25H27ClF5N3O3Si/c1-38(2,3)9-8-37-15-33-11-17(16-4-5-19(26)18(10-16)25(29,30)31)22-20(33)6-7-32(23(22)36)12-21(35)34-13-24(27,28)14-34/h4-7,10-11H,8-9,12-15H2,1-3H3. The van der Waals surface area contributed by atoms with Gasteiger partial charge in [0.05, 0.1) is 34.6 Å². The van der Waals surface area contributed by atoms with Gasteiger partial charge in [-0.25, -0.2) is 8.78 Å². The van der Waals surface area contributed by atoms with Crippen LogP contribution in [0.1, 0.15) is 5.56 Å². The molecule has 0 aliphatic carbocycles. The van der Waals surface area contributed by atoms with Crippen molar-refractivity contribution in [2.24, 2.45) is 0 Å². The third kappa shape index (κ3) is 6.13. The Bertz CT molecular complexity index is 1420. The van der Waals surface area contributed by atoms with Crippen LogP contribution in [0.25, 0.3) is 22.0 Å². The van der Waals surface area contributed by atoms with E-state index in [0.29, 0.717) is 12.1 Å². The second-order valence-corrected chi connectivity index (χ2v) is 16.7. The van der Waals surface area contributed by atoms with Crippen molar-refractivity contribution in [1.29, 1.82) is 0 Å². The fourth-order valence-corrected chi connectivity index (χ4v) is 5.16. The van der Waals surface area contributed by atoms with Crippen LogP contribution in [0.2, 0.25) is 30.7 Å². The Kier molecular flexibility index (Phi) is 7.54. The molecule has 3 heterocycles. The molecule has 1 aliphatic heterocycles. The number of halogens is 6. The molecule has 13 heteroatoms. The van der Waals surface area contributed by atoms with Crippen LogP contribution in [0.3, 0.4) is 0 Å². The molecule has 0 unspecified atom stereocenters. The van der Waals surface area contributed by atoms with Crippen molar-refractivity contribution in [2.45, 2.75) is 51.1 Å². The quantitative estimate of drug-likeness (QED) is 0.190. The molecule has 0 N–H and O–H groups in total. The number of amides is 1. The van der Waals surface area contributed by atoms with Gasteiger partial charge in [-0.1, -0.05) is 37.3 Å². The van der Waals surface area contributed by atoms with Crippen LogP contribution >= 0.6 is 11.6 Å². The van der Waals surface area contributed by atoms with Gasteiger partial charge in [0.1, 0.15) is 13.3 Å². The monoisotopic (exact) mass is 575 g/mol. The summed E-state index contributed by atoms with van der Waals surface area (Å²) in [6.07, 6.45) is -1.81. The van der Waals surface area contributed by atoms with Crippen molar-refractivity contribution in [3.8, 4) is 11.1 Å². The number of nitrogens with zero attached hydrogens (tertiary/aromatic N) is 3. The maximum Gasteiger partial charge on any atom is 0.417 e. The molecule has 0 atom stereocenters. The number of alkyl halides is 5. The molecular weight excluding hydrogens is 549 g/mol. The molecule has 1 saturated heterocycles. The lowest BCUT2D eigenvalue weighted by molar-refractivity contribution is -0.166. The molecule has 0 radical (unpaired) electrons. The van der Waals surface area contributed by atoms with E-state index in [-0.39, 0.29) is 23.2 Å². The van der Waals surface area contributed by atoms with Gasteiger partial charge >= 0.3 is 6.18 Å². The molecule has 0 saturated carbocycles. The Balaban J connectivity index is 1.75. The van der Waals surface area contributed by atoms with E-state index in [4.69, 9.17) is 16.3 Å². The van der Waals surface area contributed by atoms with E-state index in [1.54, 1.807) is 10.6 Å². The fraction of sp³-hybridized carbons (Fsp3) is 0.440. The van der Waals surface area contributed by atoms with Crippen molar-refractivity contribution < 1.29 is 31.5 Å². The number of benzene rings is 1. The molecule has 4 rings (SSSR count). The number of carbonyl (C=O) groups is 1. The summed E-state index contributed by atoms with van der Waals surface area (Å²) in [7, 11) is -1.36. The van der Waals surface area contributed by atoms with Gasteiger partial charge in [-0.2, -0.15) is 13.2 Å². The van der Waals surface area contributed by atoms with Gasteiger partial charge in [0, 0.05) is 32.6 Å². The lowest BCUT2D eigenvalue weighted by Gasteiger charge is -2.38. The zero-order valence-electron chi connectivity index (χ0n) is 21.0. The summed E-state index contributed by atoms with van der Waals surface area (Å²) in [6, 6.07) is 5.82. The molecule has 6 nitrogen and oxygen atoms in total. The third-order valence-electron chi connectivity index (χ3n) is 6.32. The number of rotatable bonds is 8. The van der Waals surface area contributed by atoms with Crippen LogP contribution < -0.4 is 5.56 Å². The minimum atomic E-state index is -4.71. The van der Waals surface area contributed by atoms with E-state index in [2.05, 4.69) is 19.6 Å². The smallest absolute Gasteiger partial charge is 0.361 e. The molecule has 1 aliphatic rings. The molecule has 1 amide bonds. The summed E-state index contributed by atoms with van der Waals surface area (Å²) in [5.74, 6) is -3.60. The molecule has 1 fully saturated rings. The third-order valence-corrected chi connectivity index (χ3v) is 8.35. The summed E-state index contributed by atoms with van der Waals surface area (Å²) >= 11 is 5.79. The van der Waals surface area contributed by atoms with E-state index < -0.39 is 61.9 Å². The first kappa shape index (κ1) is 28.3. The number of likely N-dealkylation sites (tertiary alicyclic amines) is 1. The van der Waals surface area contributed by atoms with E-state index in [1.807, 2.05) is 0 Å². The molecule has 1 aromatic carbocycles. The van der Waals surface area contributed by atoms with Gasteiger partial charge in [-0.05, 0) is 29.8 Å². The van der Waals surface area contributed by atoms with Crippen LogP contribution in [-0.4, -0.2) is 53.6 Å². The average molecular weight is 576 g/mol. The first-order chi connectivity index (χ1) is 17.6. The highest BCUT2D eigenvalue weighted by Crippen LogP contribution is 2.38. The second kappa shape index (κ2) is 10.1. The maximum atomic E-state index is 13.6. The predicted octanol–water partition coefficient (Wildman–Crippen LogP) is 5.93. The van der Waals surface area contributed by atoms with Crippen molar-refractivity contribution >= 4 is 36.5 Å². The Morgan fingerprint density at radius 2 is 1.82 bits per heavy atom. The van der Waals surface area contributed by atoms with Gasteiger partial charge in [0.15, 0.2) is 0 Å².